The Morgan fingerprint density at radius 2 is 0.862 bits per heavy atom. The molecule has 0 radical (unpaired) electrons. The molecule has 8 heteroatoms. The summed E-state index contributed by atoms with van der Waals surface area (Å²) < 4.78 is 0. The summed E-state index contributed by atoms with van der Waals surface area (Å²) in [6, 6.07) is 8.04. The largest absolute Gasteiger partial charge is 0.340 e. The summed E-state index contributed by atoms with van der Waals surface area (Å²) in [6.45, 7) is 7.99. The highest BCUT2D eigenvalue weighted by Gasteiger charge is 2.42. The van der Waals surface area contributed by atoms with Crippen LogP contribution in [-0.2, 0) is 9.59 Å². The van der Waals surface area contributed by atoms with Crippen molar-refractivity contribution in [3.05, 3.63) is 0 Å². The van der Waals surface area contributed by atoms with Crippen molar-refractivity contribution in [2.45, 2.75) is 59.8 Å². The molecule has 0 spiro atoms. The van der Waals surface area contributed by atoms with Crippen molar-refractivity contribution in [2.24, 2.45) is 10.8 Å². The molecule has 156 valence electrons. The number of hydrogen-bond acceptors (Lipinski definition) is 6. The molecule has 29 heavy (non-hydrogen) atoms. The number of nitrogens with zero attached hydrogens (tertiary/aromatic N) is 6. The molecule has 0 fully saturated rings. The van der Waals surface area contributed by atoms with Gasteiger partial charge in [0.1, 0.15) is 0 Å². The van der Waals surface area contributed by atoms with Gasteiger partial charge < -0.3 is 9.80 Å². The van der Waals surface area contributed by atoms with Crippen LogP contribution in [0.25, 0.3) is 0 Å². The highest BCUT2D eigenvalue weighted by Crippen LogP contribution is 2.37. The van der Waals surface area contributed by atoms with Gasteiger partial charge in [-0.2, -0.15) is 21.0 Å². The average molecular weight is 399 g/mol. The maximum Gasteiger partial charge on any atom is 0.228 e. The lowest BCUT2D eigenvalue weighted by Gasteiger charge is -2.38. The Morgan fingerprint density at radius 1 is 0.621 bits per heavy atom. The Morgan fingerprint density at radius 3 is 1.07 bits per heavy atom. The number of rotatable bonds is 12. The molecule has 0 unspecified atom stereocenters. The summed E-state index contributed by atoms with van der Waals surface area (Å²) in [6.07, 6.45) is 0.942. The zero-order valence-electron chi connectivity index (χ0n) is 17.9. The van der Waals surface area contributed by atoms with Crippen LogP contribution in [0.15, 0.2) is 0 Å². The quantitative estimate of drug-likeness (QED) is 0.496. The zero-order valence-corrected chi connectivity index (χ0v) is 17.9. The lowest BCUT2D eigenvalue weighted by Crippen LogP contribution is -2.48. The van der Waals surface area contributed by atoms with E-state index in [0.29, 0.717) is 0 Å². The lowest BCUT2D eigenvalue weighted by molar-refractivity contribution is -0.147. The van der Waals surface area contributed by atoms with E-state index in [1.165, 1.54) is 9.80 Å². The van der Waals surface area contributed by atoms with E-state index in [9.17, 15) is 9.59 Å². The van der Waals surface area contributed by atoms with Crippen molar-refractivity contribution >= 4 is 11.8 Å². The molecule has 0 N–H and O–H groups in total. The molecule has 0 aliphatic rings. The van der Waals surface area contributed by atoms with E-state index in [1.807, 2.05) is 24.3 Å². The minimum absolute atomic E-state index is 0.172. The normalized spacial score (nSPS) is 10.8. The summed E-state index contributed by atoms with van der Waals surface area (Å²) in [7, 11) is 0. The molecule has 0 aliphatic heterocycles. The molecule has 0 rings (SSSR count). The van der Waals surface area contributed by atoms with Gasteiger partial charge in [0, 0.05) is 37.0 Å². The van der Waals surface area contributed by atoms with Gasteiger partial charge in [-0.3, -0.25) is 9.59 Å². The van der Waals surface area contributed by atoms with Crippen LogP contribution in [0, 0.1) is 56.2 Å². The molecule has 0 aromatic heterocycles. The molecule has 0 heterocycles. The molecule has 0 aromatic rings. The van der Waals surface area contributed by atoms with Crippen LogP contribution < -0.4 is 0 Å². The number of amides is 2. The molecule has 0 saturated heterocycles. The van der Waals surface area contributed by atoms with E-state index in [4.69, 9.17) is 21.0 Å². The molecule has 8 nitrogen and oxygen atoms in total. The van der Waals surface area contributed by atoms with Crippen LogP contribution in [0.3, 0.4) is 0 Å². The van der Waals surface area contributed by atoms with Crippen molar-refractivity contribution in [2.75, 3.05) is 26.2 Å². The number of carbonyl (C=O) groups is 2. The fraction of sp³-hybridized carbons (Fsp3) is 0.714. The second-order valence-electron chi connectivity index (χ2n) is 8.16. The van der Waals surface area contributed by atoms with Gasteiger partial charge in [-0.1, -0.05) is 27.7 Å². The van der Waals surface area contributed by atoms with Crippen LogP contribution in [0.4, 0.5) is 0 Å². The third-order valence-electron chi connectivity index (χ3n) is 4.59. The topological polar surface area (TPSA) is 136 Å². The maximum absolute atomic E-state index is 13.1. The first-order valence-corrected chi connectivity index (χ1v) is 9.64. The van der Waals surface area contributed by atoms with Gasteiger partial charge in [0.05, 0.1) is 50.0 Å². The van der Waals surface area contributed by atoms with Crippen molar-refractivity contribution < 1.29 is 9.59 Å². The molecule has 0 saturated carbocycles. The van der Waals surface area contributed by atoms with Gasteiger partial charge >= 0.3 is 0 Å². The summed E-state index contributed by atoms with van der Waals surface area (Å²) >= 11 is 0. The van der Waals surface area contributed by atoms with Crippen LogP contribution >= 0.6 is 0 Å². The Labute approximate surface area is 173 Å². The molecular formula is C21H30N6O2. The molecule has 0 aromatic carbocycles. The predicted octanol–water partition coefficient (Wildman–Crippen LogP) is 2.74. The first-order chi connectivity index (χ1) is 13.6. The monoisotopic (exact) mass is 398 g/mol. The Kier molecular flexibility index (Phi) is 11.1. The Bertz CT molecular complexity index is 632. The average Bonchev–Trinajstić information content (AvgIpc) is 2.66. The number of nitriles is 4. The van der Waals surface area contributed by atoms with E-state index in [-0.39, 0.29) is 70.1 Å². The fourth-order valence-corrected chi connectivity index (χ4v) is 3.48. The van der Waals surface area contributed by atoms with Crippen LogP contribution in [0.1, 0.15) is 59.8 Å². The van der Waals surface area contributed by atoms with E-state index in [2.05, 4.69) is 0 Å². The van der Waals surface area contributed by atoms with Crippen LogP contribution in [-0.4, -0.2) is 47.8 Å². The lowest BCUT2D eigenvalue weighted by atomic mass is 9.73. The summed E-state index contributed by atoms with van der Waals surface area (Å²) in [5, 5.41) is 35.4. The van der Waals surface area contributed by atoms with Crippen LogP contribution in [0.2, 0.25) is 0 Å². The highest BCUT2D eigenvalue weighted by atomic mass is 16.2. The van der Waals surface area contributed by atoms with Gasteiger partial charge in [-0.05, 0) is 6.42 Å². The van der Waals surface area contributed by atoms with E-state index < -0.39 is 10.8 Å². The van der Waals surface area contributed by atoms with Gasteiger partial charge in [-0.25, -0.2) is 0 Å². The summed E-state index contributed by atoms with van der Waals surface area (Å²) in [5.41, 5.74) is -1.78. The highest BCUT2D eigenvalue weighted by molar-refractivity contribution is 5.86. The van der Waals surface area contributed by atoms with Gasteiger partial charge in [-0.15, -0.1) is 0 Å². The van der Waals surface area contributed by atoms with Gasteiger partial charge in [0.15, 0.2) is 0 Å². The molecule has 0 bridgehead atoms. The van der Waals surface area contributed by atoms with Crippen molar-refractivity contribution in [1.29, 1.82) is 21.0 Å². The SMILES string of the molecule is CC(C)(CC(C)(C)C(=O)N(CCC#N)CCC#N)C(=O)N(CCC#N)CCC#N. The van der Waals surface area contributed by atoms with Gasteiger partial charge in [0.25, 0.3) is 0 Å². The smallest absolute Gasteiger partial charge is 0.228 e. The molecule has 0 atom stereocenters. The first kappa shape index (κ1) is 25.9. The van der Waals surface area contributed by atoms with E-state index >= 15 is 0 Å². The number of hydrogen-bond donors (Lipinski definition) is 0. The van der Waals surface area contributed by atoms with Crippen molar-refractivity contribution in [3.8, 4) is 24.3 Å². The van der Waals surface area contributed by atoms with Gasteiger partial charge in [0.2, 0.25) is 11.8 Å². The Balaban J connectivity index is 5.45. The maximum atomic E-state index is 13.1. The summed E-state index contributed by atoms with van der Waals surface area (Å²) in [5.74, 6) is -0.408. The first-order valence-electron chi connectivity index (χ1n) is 9.64. The minimum Gasteiger partial charge on any atom is -0.340 e. The molecule has 2 amide bonds. The second kappa shape index (κ2) is 12.4. The van der Waals surface area contributed by atoms with E-state index in [1.54, 1.807) is 27.7 Å². The van der Waals surface area contributed by atoms with Crippen molar-refractivity contribution in [3.63, 3.8) is 0 Å². The third kappa shape index (κ3) is 8.63. The standard InChI is InChI=1S/C21H30N6O2/c1-20(2,18(28)26(13-5-9-22)14-6-10-23)17-21(3,4)19(29)27(15-7-11-24)16-8-12-25/h5-8,13-17H2,1-4H3. The Hall–Kier alpha value is -3.10. The summed E-state index contributed by atoms with van der Waals surface area (Å²) in [4.78, 5) is 29.2. The van der Waals surface area contributed by atoms with E-state index in [0.717, 1.165) is 0 Å². The zero-order chi connectivity index (χ0) is 22.5. The fourth-order valence-electron chi connectivity index (χ4n) is 3.48. The number of carbonyl (C=O) groups excluding carboxylic acids is 2. The van der Waals surface area contributed by atoms with Crippen molar-refractivity contribution in [1.82, 2.24) is 9.80 Å². The molecule has 0 aliphatic carbocycles. The van der Waals surface area contributed by atoms with Crippen LogP contribution in [0.5, 0.6) is 0 Å². The second-order valence-corrected chi connectivity index (χ2v) is 8.16. The molecular weight excluding hydrogens is 368 g/mol. The predicted molar refractivity (Wildman–Crippen MR) is 106 cm³/mol. The minimum atomic E-state index is -0.889. The third-order valence-corrected chi connectivity index (χ3v) is 4.59.